The predicted octanol–water partition coefficient (Wildman–Crippen LogP) is 5.23. The molecule has 4 rings (SSSR count). The molecule has 30 heavy (non-hydrogen) atoms. The summed E-state index contributed by atoms with van der Waals surface area (Å²) in [4.78, 5) is 17.2. The number of aromatic amines is 1. The van der Waals surface area contributed by atoms with Crippen LogP contribution in [0, 0.1) is 11.7 Å². The second kappa shape index (κ2) is 8.42. The number of rotatable bonds is 7. The van der Waals surface area contributed by atoms with Crippen molar-refractivity contribution in [2.45, 2.75) is 52.4 Å². The number of ketones is 1. The van der Waals surface area contributed by atoms with E-state index >= 15 is 0 Å². The molecular formula is C23H27FN4O2. The molecule has 0 amide bonds. The molecule has 1 aromatic carbocycles. The summed E-state index contributed by atoms with van der Waals surface area (Å²) in [5.74, 6) is 0.0739. The largest absolute Gasteiger partial charge is 0.505 e. The number of fused-ring (bicyclic) bond motifs is 1. The molecular weight excluding hydrogens is 383 g/mol. The topological polar surface area (TPSA) is 90.9 Å². The number of Topliss-reactive ketones (excluding diaryl/α,β-unsaturated/α-hetero) is 1. The van der Waals surface area contributed by atoms with Crippen molar-refractivity contribution in [3.05, 3.63) is 35.3 Å². The third-order valence-electron chi connectivity index (χ3n) is 5.99. The van der Waals surface area contributed by atoms with Gasteiger partial charge in [0.15, 0.2) is 17.3 Å². The molecule has 0 saturated heterocycles. The standard InChI is InChI=1S/C23H27FN4O2/c1-3-14-9-20(30)16(24)10-15(14)17-11-18-21(22(28-27-18)19(29)4-2)23(26-17)25-12-13-7-5-6-8-13/h9-11,13,30H,3-8,12H2,1-2H3,(H,25,26)(H,27,28). The zero-order valence-corrected chi connectivity index (χ0v) is 17.4. The van der Waals surface area contributed by atoms with Gasteiger partial charge in [0.2, 0.25) is 0 Å². The van der Waals surface area contributed by atoms with Crippen LogP contribution in [0.5, 0.6) is 5.75 Å². The van der Waals surface area contributed by atoms with E-state index in [4.69, 9.17) is 4.98 Å². The number of pyridine rings is 1. The van der Waals surface area contributed by atoms with Crippen molar-refractivity contribution in [3.63, 3.8) is 0 Å². The van der Waals surface area contributed by atoms with Gasteiger partial charge in [-0.2, -0.15) is 5.10 Å². The van der Waals surface area contributed by atoms with Gasteiger partial charge in [-0.3, -0.25) is 9.89 Å². The molecule has 0 unspecified atom stereocenters. The summed E-state index contributed by atoms with van der Waals surface area (Å²) in [6.45, 7) is 4.53. The highest BCUT2D eigenvalue weighted by Gasteiger charge is 2.22. The second-order valence-corrected chi connectivity index (χ2v) is 7.97. The van der Waals surface area contributed by atoms with Crippen LogP contribution < -0.4 is 5.32 Å². The third-order valence-corrected chi connectivity index (χ3v) is 5.99. The van der Waals surface area contributed by atoms with E-state index in [1.807, 2.05) is 13.8 Å². The van der Waals surface area contributed by atoms with E-state index in [9.17, 15) is 14.3 Å². The number of benzene rings is 1. The van der Waals surface area contributed by atoms with E-state index in [-0.39, 0.29) is 11.5 Å². The number of phenolic OH excluding ortho intramolecular Hbond substituents is 1. The summed E-state index contributed by atoms with van der Waals surface area (Å²) in [6.07, 6.45) is 5.83. The van der Waals surface area contributed by atoms with E-state index in [2.05, 4.69) is 15.5 Å². The van der Waals surface area contributed by atoms with Crippen LogP contribution in [-0.4, -0.2) is 32.6 Å². The van der Waals surface area contributed by atoms with Crippen LogP contribution in [0.4, 0.5) is 10.2 Å². The minimum atomic E-state index is -0.684. The number of phenols is 1. The summed E-state index contributed by atoms with van der Waals surface area (Å²) >= 11 is 0. The van der Waals surface area contributed by atoms with Gasteiger partial charge in [0.05, 0.1) is 16.6 Å². The Morgan fingerprint density at radius 1 is 1.27 bits per heavy atom. The normalized spacial score (nSPS) is 14.5. The number of carbonyl (C=O) groups is 1. The maximum atomic E-state index is 14.1. The lowest BCUT2D eigenvalue weighted by Gasteiger charge is -2.15. The summed E-state index contributed by atoms with van der Waals surface area (Å²) in [7, 11) is 0. The smallest absolute Gasteiger partial charge is 0.183 e. The van der Waals surface area contributed by atoms with Gasteiger partial charge >= 0.3 is 0 Å². The first-order chi connectivity index (χ1) is 14.5. The number of anilines is 1. The fraction of sp³-hybridized carbons (Fsp3) is 0.435. The van der Waals surface area contributed by atoms with Crippen molar-refractivity contribution in [2.75, 3.05) is 11.9 Å². The van der Waals surface area contributed by atoms with Gasteiger partial charge in [-0.1, -0.05) is 26.7 Å². The fourth-order valence-corrected chi connectivity index (χ4v) is 4.27. The number of H-pyrrole nitrogens is 1. The Morgan fingerprint density at radius 2 is 2.03 bits per heavy atom. The molecule has 6 nitrogen and oxygen atoms in total. The van der Waals surface area contributed by atoms with Gasteiger partial charge in [0.1, 0.15) is 11.5 Å². The van der Waals surface area contributed by atoms with Crippen LogP contribution in [-0.2, 0) is 6.42 Å². The van der Waals surface area contributed by atoms with Crippen molar-refractivity contribution in [1.29, 1.82) is 0 Å². The Kier molecular flexibility index (Phi) is 5.70. The van der Waals surface area contributed by atoms with Crippen LogP contribution >= 0.6 is 0 Å². The number of aromatic hydroxyl groups is 1. The molecule has 2 heterocycles. The lowest BCUT2D eigenvalue weighted by Crippen LogP contribution is -2.13. The number of carbonyl (C=O) groups excluding carboxylic acids is 1. The first-order valence-electron chi connectivity index (χ1n) is 10.7. The first-order valence-corrected chi connectivity index (χ1v) is 10.7. The monoisotopic (exact) mass is 410 g/mol. The maximum absolute atomic E-state index is 14.1. The Morgan fingerprint density at radius 3 is 2.73 bits per heavy atom. The van der Waals surface area contributed by atoms with Crippen molar-refractivity contribution >= 4 is 22.5 Å². The molecule has 0 aliphatic heterocycles. The molecule has 0 spiro atoms. The molecule has 1 aliphatic rings. The quantitative estimate of drug-likeness (QED) is 0.464. The van der Waals surface area contributed by atoms with Crippen molar-refractivity contribution < 1.29 is 14.3 Å². The SMILES string of the molecule is CCC(=O)c1n[nH]c2cc(-c3cc(F)c(O)cc3CC)nc(NCC3CCCC3)c12. The van der Waals surface area contributed by atoms with Crippen molar-refractivity contribution in [2.24, 2.45) is 5.92 Å². The minimum Gasteiger partial charge on any atom is -0.505 e. The van der Waals surface area contributed by atoms with Gasteiger partial charge in [0.25, 0.3) is 0 Å². The number of nitrogens with one attached hydrogen (secondary N) is 2. The molecule has 1 aliphatic carbocycles. The minimum absolute atomic E-state index is 0.0513. The Bertz CT molecular complexity index is 1090. The van der Waals surface area contributed by atoms with E-state index in [1.165, 1.54) is 37.8 Å². The average molecular weight is 410 g/mol. The Hall–Kier alpha value is -2.96. The van der Waals surface area contributed by atoms with Crippen LogP contribution in [0.15, 0.2) is 18.2 Å². The molecule has 0 atom stereocenters. The molecule has 3 aromatic rings. The van der Waals surface area contributed by atoms with Crippen LogP contribution in [0.2, 0.25) is 0 Å². The molecule has 7 heteroatoms. The summed E-state index contributed by atoms with van der Waals surface area (Å²) in [5, 5.41) is 21.1. The number of aryl methyl sites for hydroxylation is 1. The zero-order chi connectivity index (χ0) is 21.3. The molecule has 0 bridgehead atoms. The Balaban J connectivity index is 1.84. The highest BCUT2D eigenvalue weighted by atomic mass is 19.1. The third kappa shape index (κ3) is 3.76. The van der Waals surface area contributed by atoms with Crippen LogP contribution in [0.25, 0.3) is 22.2 Å². The number of aromatic nitrogens is 3. The van der Waals surface area contributed by atoms with E-state index < -0.39 is 5.82 Å². The van der Waals surface area contributed by atoms with Crippen molar-refractivity contribution in [1.82, 2.24) is 15.2 Å². The van der Waals surface area contributed by atoms with Crippen molar-refractivity contribution in [3.8, 4) is 17.0 Å². The first kappa shape index (κ1) is 20.3. The lowest BCUT2D eigenvalue weighted by atomic mass is 10.00. The molecule has 1 saturated carbocycles. The summed E-state index contributed by atoms with van der Waals surface area (Å²) in [6, 6.07) is 4.55. The molecule has 2 aromatic heterocycles. The van der Waals surface area contributed by atoms with E-state index in [1.54, 1.807) is 6.07 Å². The molecule has 0 radical (unpaired) electrons. The average Bonchev–Trinajstić information content (AvgIpc) is 3.42. The number of nitrogens with zero attached hydrogens (tertiary/aromatic N) is 2. The van der Waals surface area contributed by atoms with Gasteiger partial charge in [-0.15, -0.1) is 0 Å². The summed E-state index contributed by atoms with van der Waals surface area (Å²) < 4.78 is 14.1. The number of halogens is 1. The second-order valence-electron chi connectivity index (χ2n) is 7.97. The van der Waals surface area contributed by atoms with Gasteiger partial charge in [-0.25, -0.2) is 9.37 Å². The number of hydrogen-bond donors (Lipinski definition) is 3. The van der Waals surface area contributed by atoms with Gasteiger partial charge in [0, 0.05) is 18.5 Å². The molecule has 1 fully saturated rings. The highest BCUT2D eigenvalue weighted by molar-refractivity contribution is 6.10. The highest BCUT2D eigenvalue weighted by Crippen LogP contribution is 2.34. The fourth-order valence-electron chi connectivity index (χ4n) is 4.27. The predicted molar refractivity (Wildman–Crippen MR) is 115 cm³/mol. The molecule has 158 valence electrons. The Labute approximate surface area is 174 Å². The van der Waals surface area contributed by atoms with E-state index in [0.717, 1.165) is 12.1 Å². The summed E-state index contributed by atoms with van der Waals surface area (Å²) in [5.41, 5.74) is 3.06. The lowest BCUT2D eigenvalue weighted by molar-refractivity contribution is 0.0985. The zero-order valence-electron chi connectivity index (χ0n) is 17.4. The molecule has 3 N–H and O–H groups in total. The van der Waals surface area contributed by atoms with Crippen LogP contribution in [0.1, 0.15) is 62.0 Å². The van der Waals surface area contributed by atoms with Crippen LogP contribution in [0.3, 0.4) is 0 Å². The van der Waals surface area contributed by atoms with E-state index in [0.29, 0.717) is 52.4 Å². The van der Waals surface area contributed by atoms with Gasteiger partial charge in [-0.05, 0) is 48.9 Å². The van der Waals surface area contributed by atoms with Gasteiger partial charge < -0.3 is 10.4 Å². The maximum Gasteiger partial charge on any atom is 0.183 e. The number of hydrogen-bond acceptors (Lipinski definition) is 5.